The summed E-state index contributed by atoms with van der Waals surface area (Å²) >= 11 is -0.205. The minimum atomic E-state index is -0.205. The molecular formula is C15H18O2Te. The van der Waals surface area contributed by atoms with Crippen LogP contribution in [-0.4, -0.2) is 46.8 Å². The van der Waals surface area contributed by atoms with Gasteiger partial charge >= 0.3 is 119 Å². The first kappa shape index (κ1) is 13.8. The normalized spacial score (nSPS) is 21.3. The van der Waals surface area contributed by atoms with Gasteiger partial charge in [0.15, 0.2) is 0 Å². The minimum absolute atomic E-state index is 0.205. The van der Waals surface area contributed by atoms with Crippen molar-refractivity contribution in [3.05, 3.63) is 52.7 Å². The molecule has 18 heavy (non-hydrogen) atoms. The Labute approximate surface area is 119 Å². The van der Waals surface area contributed by atoms with E-state index in [0.717, 1.165) is 13.0 Å². The summed E-state index contributed by atoms with van der Waals surface area (Å²) < 4.78 is 15.0. The number of hydrogen-bond acceptors (Lipinski definition) is 2. The molecule has 0 radical (unpaired) electrons. The van der Waals surface area contributed by atoms with Gasteiger partial charge in [-0.15, -0.1) is 0 Å². The predicted octanol–water partition coefficient (Wildman–Crippen LogP) is 1.89. The first-order chi connectivity index (χ1) is 8.88. The Bertz CT molecular complexity index is 400. The third-order valence-electron chi connectivity index (χ3n) is 2.64. The van der Waals surface area contributed by atoms with E-state index in [-0.39, 0.29) is 27.0 Å². The molecule has 1 heterocycles. The molecule has 1 atom stereocenters. The van der Waals surface area contributed by atoms with Gasteiger partial charge in [-0.1, -0.05) is 0 Å². The summed E-state index contributed by atoms with van der Waals surface area (Å²) in [4.78, 5) is 0. The summed E-state index contributed by atoms with van der Waals surface area (Å²) in [6.07, 6.45) is 3.03. The van der Waals surface area contributed by atoms with E-state index in [1.807, 2.05) is 0 Å². The second kappa shape index (κ2) is 7.76. The van der Waals surface area contributed by atoms with E-state index in [0.29, 0.717) is 13.2 Å². The molecule has 1 aliphatic heterocycles. The fraction of sp³-hybridized carbons (Fsp3) is 0.333. The van der Waals surface area contributed by atoms with Crippen molar-refractivity contribution in [3.63, 3.8) is 0 Å². The van der Waals surface area contributed by atoms with Gasteiger partial charge in [0.1, 0.15) is 0 Å². The number of ether oxygens (including phenoxy) is 2. The molecule has 0 saturated carbocycles. The van der Waals surface area contributed by atoms with Gasteiger partial charge in [0.05, 0.1) is 0 Å². The monoisotopic (exact) mass is 360 g/mol. The van der Waals surface area contributed by atoms with Crippen LogP contribution in [0, 0.1) is 0 Å². The molecular weight excluding hydrogens is 340 g/mol. The molecule has 0 N–H and O–H groups in total. The zero-order valence-corrected chi connectivity index (χ0v) is 12.7. The van der Waals surface area contributed by atoms with Crippen LogP contribution in [0.15, 0.2) is 52.7 Å². The average Bonchev–Trinajstić information content (AvgIpc) is 2.86. The molecule has 2 nitrogen and oxygen atoms in total. The Hall–Kier alpha value is -0.590. The SMILES string of the molecule is C=CCOCC1C/C(=C\[Te]c2ccccc2)CO1. The molecule has 0 bridgehead atoms. The third-order valence-corrected chi connectivity index (χ3v) is 5.48. The summed E-state index contributed by atoms with van der Waals surface area (Å²) in [5.41, 5.74) is 1.44. The zero-order chi connectivity index (χ0) is 12.6. The van der Waals surface area contributed by atoms with Crippen molar-refractivity contribution in [2.45, 2.75) is 12.5 Å². The van der Waals surface area contributed by atoms with Crippen LogP contribution < -0.4 is 3.61 Å². The van der Waals surface area contributed by atoms with Crippen molar-refractivity contribution >= 4 is 24.5 Å². The van der Waals surface area contributed by atoms with Crippen LogP contribution in [0.1, 0.15) is 6.42 Å². The topological polar surface area (TPSA) is 18.5 Å². The molecule has 1 aliphatic rings. The Morgan fingerprint density at radius 3 is 3.00 bits per heavy atom. The molecule has 1 unspecified atom stereocenters. The van der Waals surface area contributed by atoms with E-state index < -0.39 is 0 Å². The van der Waals surface area contributed by atoms with E-state index in [2.05, 4.69) is 41.0 Å². The summed E-state index contributed by atoms with van der Waals surface area (Å²) in [5.74, 6) is 0. The molecule has 1 aromatic rings. The maximum atomic E-state index is 5.69. The zero-order valence-electron chi connectivity index (χ0n) is 10.4. The van der Waals surface area contributed by atoms with Crippen LogP contribution in [0.3, 0.4) is 0 Å². The van der Waals surface area contributed by atoms with Crippen LogP contribution in [0.5, 0.6) is 0 Å². The van der Waals surface area contributed by atoms with Crippen molar-refractivity contribution < 1.29 is 9.47 Å². The van der Waals surface area contributed by atoms with E-state index in [1.165, 1.54) is 9.18 Å². The van der Waals surface area contributed by atoms with Crippen LogP contribution in [0.2, 0.25) is 0 Å². The standard InChI is InChI=1S/C15H18O2Te/c1-2-8-16-11-14-9-13(10-17-14)12-18-15-6-4-3-5-7-15/h2-7,12,14H,1,8-11H2/b13-12+. The first-order valence-corrected chi connectivity index (χ1v) is 8.59. The molecule has 0 amide bonds. The summed E-state index contributed by atoms with van der Waals surface area (Å²) in [6.45, 7) is 5.69. The quantitative estimate of drug-likeness (QED) is 0.440. The van der Waals surface area contributed by atoms with Crippen LogP contribution in [-0.2, 0) is 9.47 Å². The molecule has 1 fully saturated rings. The summed E-state index contributed by atoms with van der Waals surface area (Å²) in [5, 5.41) is 0. The molecule has 0 aliphatic carbocycles. The van der Waals surface area contributed by atoms with Crippen molar-refractivity contribution in [2.24, 2.45) is 0 Å². The molecule has 96 valence electrons. The Kier molecular flexibility index (Phi) is 5.96. The first-order valence-electron chi connectivity index (χ1n) is 6.08. The summed E-state index contributed by atoms with van der Waals surface area (Å²) in [6, 6.07) is 10.7. The van der Waals surface area contributed by atoms with Gasteiger partial charge in [-0.05, 0) is 0 Å². The van der Waals surface area contributed by atoms with E-state index in [1.54, 1.807) is 6.08 Å². The van der Waals surface area contributed by atoms with E-state index >= 15 is 0 Å². The molecule has 0 aromatic heterocycles. The third kappa shape index (κ3) is 4.59. The van der Waals surface area contributed by atoms with Gasteiger partial charge in [0.25, 0.3) is 0 Å². The van der Waals surface area contributed by atoms with Gasteiger partial charge in [-0.25, -0.2) is 0 Å². The molecule has 2 rings (SSSR count). The Balaban J connectivity index is 1.76. The maximum absolute atomic E-state index is 5.69. The van der Waals surface area contributed by atoms with Crippen molar-refractivity contribution in [3.8, 4) is 0 Å². The van der Waals surface area contributed by atoms with Crippen molar-refractivity contribution in [1.82, 2.24) is 0 Å². The molecule has 3 heteroatoms. The second-order valence-electron chi connectivity index (χ2n) is 4.17. The molecule has 0 spiro atoms. The number of rotatable bonds is 6. The van der Waals surface area contributed by atoms with Gasteiger partial charge in [-0.2, -0.15) is 0 Å². The van der Waals surface area contributed by atoms with Crippen LogP contribution >= 0.6 is 0 Å². The van der Waals surface area contributed by atoms with Gasteiger partial charge < -0.3 is 0 Å². The van der Waals surface area contributed by atoms with Gasteiger partial charge in [0.2, 0.25) is 0 Å². The number of hydrogen-bond donors (Lipinski definition) is 0. The van der Waals surface area contributed by atoms with Crippen LogP contribution in [0.25, 0.3) is 0 Å². The number of benzene rings is 1. The van der Waals surface area contributed by atoms with Crippen molar-refractivity contribution in [1.29, 1.82) is 0 Å². The van der Waals surface area contributed by atoms with Gasteiger partial charge in [-0.3, -0.25) is 0 Å². The fourth-order valence-electron chi connectivity index (χ4n) is 1.76. The molecule has 1 aromatic carbocycles. The predicted molar refractivity (Wildman–Crippen MR) is 75.3 cm³/mol. The molecule has 1 saturated heterocycles. The van der Waals surface area contributed by atoms with Gasteiger partial charge in [0, 0.05) is 0 Å². The summed E-state index contributed by atoms with van der Waals surface area (Å²) in [7, 11) is 0. The fourth-order valence-corrected chi connectivity index (χ4v) is 3.99. The Morgan fingerprint density at radius 2 is 2.22 bits per heavy atom. The Morgan fingerprint density at radius 1 is 1.39 bits per heavy atom. The van der Waals surface area contributed by atoms with E-state index in [4.69, 9.17) is 9.47 Å². The van der Waals surface area contributed by atoms with E-state index in [9.17, 15) is 0 Å². The second-order valence-corrected chi connectivity index (χ2v) is 6.86. The average molecular weight is 358 g/mol. The van der Waals surface area contributed by atoms with Crippen LogP contribution in [0.4, 0.5) is 0 Å². The van der Waals surface area contributed by atoms with Crippen molar-refractivity contribution in [2.75, 3.05) is 19.8 Å².